The lowest BCUT2D eigenvalue weighted by Gasteiger charge is -2.11. The van der Waals surface area contributed by atoms with Crippen LogP contribution >= 0.6 is 0 Å². The van der Waals surface area contributed by atoms with Crippen molar-refractivity contribution in [2.24, 2.45) is 0 Å². The summed E-state index contributed by atoms with van der Waals surface area (Å²) in [7, 11) is -3.90. The van der Waals surface area contributed by atoms with Crippen molar-refractivity contribution < 1.29 is 13.5 Å². The predicted molar refractivity (Wildman–Crippen MR) is 99.9 cm³/mol. The molecule has 0 amide bonds. The van der Waals surface area contributed by atoms with E-state index >= 15 is 0 Å². The Balaban J connectivity index is 1.80. The summed E-state index contributed by atoms with van der Waals surface area (Å²) in [6, 6.07) is 16.1. The number of benzene rings is 2. The van der Waals surface area contributed by atoms with Crippen LogP contribution in [0.15, 0.2) is 76.6 Å². The first kappa shape index (κ1) is 17.8. The number of rotatable bonds is 5. The average Bonchev–Trinajstić information content (AvgIpc) is 2.60. The third-order valence-electron chi connectivity index (χ3n) is 3.86. The molecule has 0 aliphatic heterocycles. The molecule has 0 aliphatic carbocycles. The van der Waals surface area contributed by atoms with Crippen molar-refractivity contribution >= 4 is 15.7 Å². The molecule has 0 saturated heterocycles. The summed E-state index contributed by atoms with van der Waals surface area (Å²) in [4.78, 5) is 11.6. The molecule has 0 aliphatic rings. The zero-order valence-corrected chi connectivity index (χ0v) is 14.9. The molecule has 26 heavy (non-hydrogen) atoms. The highest BCUT2D eigenvalue weighted by Crippen LogP contribution is 2.25. The first-order valence-electron chi connectivity index (χ1n) is 7.92. The van der Waals surface area contributed by atoms with Gasteiger partial charge in [-0.1, -0.05) is 24.3 Å². The maximum atomic E-state index is 12.5. The number of nitrogens with zero attached hydrogens (tertiary/aromatic N) is 1. The molecule has 1 aromatic heterocycles. The summed E-state index contributed by atoms with van der Waals surface area (Å²) in [6.07, 6.45) is 1.69. The first-order chi connectivity index (χ1) is 12.3. The zero-order chi connectivity index (χ0) is 18.7. The van der Waals surface area contributed by atoms with E-state index in [1.165, 1.54) is 18.2 Å². The van der Waals surface area contributed by atoms with E-state index in [9.17, 15) is 18.3 Å². The molecule has 6 nitrogen and oxygen atoms in total. The van der Waals surface area contributed by atoms with Crippen LogP contribution in [0.2, 0.25) is 0 Å². The van der Waals surface area contributed by atoms with Crippen LogP contribution < -0.4 is 10.3 Å². The van der Waals surface area contributed by atoms with E-state index in [0.29, 0.717) is 12.2 Å². The summed E-state index contributed by atoms with van der Waals surface area (Å²) in [5.41, 5.74) is 1.86. The maximum Gasteiger partial charge on any atom is 0.265 e. The Kier molecular flexibility index (Phi) is 4.81. The van der Waals surface area contributed by atoms with Crippen molar-refractivity contribution in [3.63, 3.8) is 0 Å². The number of anilines is 1. The van der Waals surface area contributed by atoms with Crippen LogP contribution in [0.5, 0.6) is 5.75 Å². The predicted octanol–water partition coefficient (Wildman–Crippen LogP) is 2.71. The van der Waals surface area contributed by atoms with Crippen LogP contribution in [-0.4, -0.2) is 18.1 Å². The maximum absolute atomic E-state index is 12.5. The van der Waals surface area contributed by atoms with Crippen molar-refractivity contribution in [3.05, 3.63) is 88.3 Å². The summed E-state index contributed by atoms with van der Waals surface area (Å²) in [5, 5.41) is 9.83. The number of aryl methyl sites for hydroxylation is 1. The van der Waals surface area contributed by atoms with Crippen LogP contribution in [0.4, 0.5) is 5.69 Å². The fourth-order valence-corrected chi connectivity index (χ4v) is 3.75. The molecular formula is C19H18N2O4S. The van der Waals surface area contributed by atoms with Gasteiger partial charge in [-0.05, 0) is 48.4 Å². The van der Waals surface area contributed by atoms with E-state index in [0.717, 1.165) is 11.1 Å². The van der Waals surface area contributed by atoms with Gasteiger partial charge >= 0.3 is 0 Å². The fraction of sp³-hybridized carbons (Fsp3) is 0.105. The Bertz CT molecular complexity index is 1090. The van der Waals surface area contributed by atoms with Gasteiger partial charge in [-0.15, -0.1) is 0 Å². The van der Waals surface area contributed by atoms with Gasteiger partial charge in [-0.3, -0.25) is 9.52 Å². The van der Waals surface area contributed by atoms with Gasteiger partial charge in [0.2, 0.25) is 0 Å². The Hall–Kier alpha value is -3.06. The number of phenolic OH excluding ortho intramolecular Hbond substituents is 1. The molecule has 1 heterocycles. The molecule has 7 heteroatoms. The fourth-order valence-electron chi connectivity index (χ4n) is 2.51. The Labute approximate surface area is 151 Å². The van der Waals surface area contributed by atoms with Crippen LogP contribution in [-0.2, 0) is 16.6 Å². The van der Waals surface area contributed by atoms with Crippen molar-refractivity contribution in [1.29, 1.82) is 0 Å². The molecule has 0 spiro atoms. The second-order valence-electron chi connectivity index (χ2n) is 5.94. The normalized spacial score (nSPS) is 11.3. The van der Waals surface area contributed by atoms with Crippen LogP contribution in [0, 0.1) is 6.92 Å². The van der Waals surface area contributed by atoms with Crippen molar-refractivity contribution in [1.82, 2.24) is 4.57 Å². The number of phenols is 1. The number of sulfonamides is 1. The minimum Gasteiger partial charge on any atom is -0.507 e. The molecule has 0 fully saturated rings. The number of aromatic hydroxyl groups is 1. The second-order valence-corrected chi connectivity index (χ2v) is 7.59. The number of nitrogens with one attached hydrogen (secondary N) is 1. The van der Waals surface area contributed by atoms with Crippen LogP contribution in [0.25, 0.3) is 0 Å². The molecule has 2 aromatic carbocycles. The minimum absolute atomic E-state index is 0.104. The summed E-state index contributed by atoms with van der Waals surface area (Å²) < 4.78 is 29.0. The largest absolute Gasteiger partial charge is 0.507 e. The van der Waals surface area contributed by atoms with E-state index in [4.69, 9.17) is 0 Å². The molecular weight excluding hydrogens is 352 g/mol. The minimum atomic E-state index is -3.90. The number of hydrogen-bond donors (Lipinski definition) is 2. The molecule has 0 unspecified atom stereocenters. The highest BCUT2D eigenvalue weighted by atomic mass is 32.2. The molecule has 0 radical (unpaired) electrons. The standard InChI is InChI=1S/C19H18N2O4S/c1-14-5-10-17(22)18(12-14)26(24,25)20-16-8-6-15(7-9-16)13-21-11-3-2-4-19(21)23/h2-12,20,22H,13H2,1H3. The van der Waals surface area contributed by atoms with Gasteiger partial charge in [-0.2, -0.15) is 0 Å². The molecule has 0 atom stereocenters. The lowest BCUT2D eigenvalue weighted by molar-refractivity contribution is 0.459. The average molecular weight is 370 g/mol. The van der Waals surface area contributed by atoms with E-state index in [1.807, 2.05) is 0 Å². The summed E-state index contributed by atoms with van der Waals surface area (Å²) >= 11 is 0. The van der Waals surface area contributed by atoms with Crippen molar-refractivity contribution in [2.75, 3.05) is 4.72 Å². The highest BCUT2D eigenvalue weighted by Gasteiger charge is 2.18. The Morgan fingerprint density at radius 2 is 1.77 bits per heavy atom. The van der Waals surface area contributed by atoms with E-state index in [2.05, 4.69) is 4.72 Å². The highest BCUT2D eigenvalue weighted by molar-refractivity contribution is 7.92. The van der Waals surface area contributed by atoms with Crippen molar-refractivity contribution in [2.45, 2.75) is 18.4 Å². The molecule has 134 valence electrons. The first-order valence-corrected chi connectivity index (χ1v) is 9.40. The van der Waals surface area contributed by atoms with E-state index < -0.39 is 10.0 Å². The van der Waals surface area contributed by atoms with Crippen LogP contribution in [0.1, 0.15) is 11.1 Å². The van der Waals surface area contributed by atoms with Gasteiger partial charge in [0, 0.05) is 18.0 Å². The smallest absolute Gasteiger partial charge is 0.265 e. The van der Waals surface area contributed by atoms with E-state index in [-0.39, 0.29) is 16.2 Å². The molecule has 0 bridgehead atoms. The van der Waals surface area contributed by atoms with Crippen LogP contribution in [0.3, 0.4) is 0 Å². The van der Waals surface area contributed by atoms with E-state index in [1.54, 1.807) is 60.2 Å². The van der Waals surface area contributed by atoms with Gasteiger partial charge in [0.1, 0.15) is 10.6 Å². The van der Waals surface area contributed by atoms with Gasteiger partial charge in [-0.25, -0.2) is 8.42 Å². The lowest BCUT2D eigenvalue weighted by Crippen LogP contribution is -2.18. The van der Waals surface area contributed by atoms with Gasteiger partial charge in [0.05, 0.1) is 6.54 Å². The SMILES string of the molecule is Cc1ccc(O)c(S(=O)(=O)Nc2ccc(Cn3ccccc3=O)cc2)c1. The number of hydrogen-bond acceptors (Lipinski definition) is 4. The van der Waals surface area contributed by atoms with Crippen molar-refractivity contribution in [3.8, 4) is 5.75 Å². The second kappa shape index (κ2) is 7.05. The topological polar surface area (TPSA) is 88.4 Å². The summed E-state index contributed by atoms with van der Waals surface area (Å²) in [5.74, 6) is -0.303. The number of pyridine rings is 1. The Morgan fingerprint density at radius 3 is 2.46 bits per heavy atom. The third kappa shape index (κ3) is 3.94. The lowest BCUT2D eigenvalue weighted by atomic mass is 10.2. The van der Waals surface area contributed by atoms with Gasteiger partial charge < -0.3 is 9.67 Å². The van der Waals surface area contributed by atoms with Gasteiger partial charge in [0.15, 0.2) is 0 Å². The Morgan fingerprint density at radius 1 is 1.04 bits per heavy atom. The number of aromatic nitrogens is 1. The quantitative estimate of drug-likeness (QED) is 0.723. The molecule has 3 rings (SSSR count). The zero-order valence-electron chi connectivity index (χ0n) is 14.1. The third-order valence-corrected chi connectivity index (χ3v) is 5.27. The van der Waals surface area contributed by atoms with Gasteiger partial charge in [0.25, 0.3) is 15.6 Å². The monoisotopic (exact) mass is 370 g/mol. The summed E-state index contributed by atoms with van der Waals surface area (Å²) in [6.45, 7) is 2.14. The molecule has 3 aromatic rings. The molecule has 2 N–H and O–H groups in total. The molecule has 0 saturated carbocycles.